The maximum absolute atomic E-state index is 6.36. The SMILES string of the molecule is CNC(c1ccccc1Cl)c1c(Cl)cnn1CCN(C)C. The first kappa shape index (κ1) is 16.3. The molecule has 2 aromatic rings. The molecule has 0 saturated heterocycles. The molecule has 0 saturated carbocycles. The molecule has 6 heteroatoms. The van der Waals surface area contributed by atoms with E-state index in [1.165, 1.54) is 0 Å². The largest absolute Gasteiger partial charge is 0.308 e. The standard InChI is InChI=1S/C15H20Cl2N4/c1-18-14(11-6-4-5-7-12(11)16)15-13(17)10-19-21(15)9-8-20(2)3/h4-7,10,14,18H,8-9H2,1-3H3. The molecule has 1 N–H and O–H groups in total. The van der Waals surface area contributed by atoms with Crippen LogP contribution in [0.3, 0.4) is 0 Å². The second kappa shape index (κ2) is 7.27. The normalized spacial score (nSPS) is 12.9. The second-order valence-corrected chi connectivity index (χ2v) is 5.96. The highest BCUT2D eigenvalue weighted by atomic mass is 35.5. The van der Waals surface area contributed by atoms with Crippen LogP contribution in [0.4, 0.5) is 0 Å². The van der Waals surface area contributed by atoms with E-state index in [4.69, 9.17) is 23.2 Å². The van der Waals surface area contributed by atoms with Crippen molar-refractivity contribution in [3.63, 3.8) is 0 Å². The van der Waals surface area contributed by atoms with Gasteiger partial charge in [0.1, 0.15) is 0 Å². The lowest BCUT2D eigenvalue weighted by molar-refractivity contribution is 0.366. The predicted molar refractivity (Wildman–Crippen MR) is 88.1 cm³/mol. The van der Waals surface area contributed by atoms with Crippen LogP contribution in [0.25, 0.3) is 0 Å². The molecule has 1 aromatic heterocycles. The van der Waals surface area contributed by atoms with Gasteiger partial charge in [-0.05, 0) is 32.8 Å². The van der Waals surface area contributed by atoms with Crippen molar-refractivity contribution in [3.8, 4) is 0 Å². The Labute approximate surface area is 135 Å². The average molecular weight is 327 g/mol. The number of hydrogen-bond donors (Lipinski definition) is 1. The first-order valence-electron chi connectivity index (χ1n) is 6.82. The van der Waals surface area contributed by atoms with Crippen LogP contribution in [0.5, 0.6) is 0 Å². The number of hydrogen-bond acceptors (Lipinski definition) is 3. The fourth-order valence-electron chi connectivity index (χ4n) is 2.28. The van der Waals surface area contributed by atoms with Crippen LogP contribution in [0.1, 0.15) is 17.3 Å². The fraction of sp³-hybridized carbons (Fsp3) is 0.400. The van der Waals surface area contributed by atoms with Crippen molar-refractivity contribution in [2.24, 2.45) is 0 Å². The van der Waals surface area contributed by atoms with E-state index in [0.717, 1.165) is 24.3 Å². The van der Waals surface area contributed by atoms with Crippen molar-refractivity contribution >= 4 is 23.2 Å². The quantitative estimate of drug-likeness (QED) is 0.885. The second-order valence-electron chi connectivity index (χ2n) is 5.15. The predicted octanol–water partition coefficient (Wildman–Crippen LogP) is 3.06. The zero-order valence-corrected chi connectivity index (χ0v) is 14.0. The molecule has 0 spiro atoms. The van der Waals surface area contributed by atoms with Gasteiger partial charge in [-0.3, -0.25) is 4.68 Å². The highest BCUT2D eigenvalue weighted by Gasteiger charge is 2.22. The van der Waals surface area contributed by atoms with E-state index in [1.54, 1.807) is 6.20 Å². The van der Waals surface area contributed by atoms with Gasteiger partial charge in [0.15, 0.2) is 0 Å². The number of likely N-dealkylation sites (N-methyl/N-ethyl adjacent to an activating group) is 1. The summed E-state index contributed by atoms with van der Waals surface area (Å²) in [5, 5.41) is 9.04. The van der Waals surface area contributed by atoms with Crippen LogP contribution in [0.2, 0.25) is 10.0 Å². The van der Waals surface area contributed by atoms with Crippen LogP contribution < -0.4 is 5.32 Å². The van der Waals surface area contributed by atoms with Gasteiger partial charge in [0.2, 0.25) is 0 Å². The third-order valence-electron chi connectivity index (χ3n) is 3.37. The molecular weight excluding hydrogens is 307 g/mol. The fourth-order valence-corrected chi connectivity index (χ4v) is 2.78. The third-order valence-corrected chi connectivity index (χ3v) is 4.01. The molecule has 0 amide bonds. The van der Waals surface area contributed by atoms with E-state index < -0.39 is 0 Å². The Balaban J connectivity index is 2.38. The lowest BCUT2D eigenvalue weighted by Crippen LogP contribution is -2.25. The van der Waals surface area contributed by atoms with Crippen LogP contribution in [-0.4, -0.2) is 42.4 Å². The number of rotatable bonds is 6. The molecule has 0 aliphatic carbocycles. The third kappa shape index (κ3) is 3.77. The monoisotopic (exact) mass is 326 g/mol. The summed E-state index contributed by atoms with van der Waals surface area (Å²) < 4.78 is 1.94. The molecule has 2 rings (SSSR count). The summed E-state index contributed by atoms with van der Waals surface area (Å²) in [7, 11) is 5.97. The van der Waals surface area contributed by atoms with Crippen molar-refractivity contribution in [3.05, 3.63) is 51.8 Å². The molecule has 1 atom stereocenters. The minimum atomic E-state index is -0.0872. The van der Waals surface area contributed by atoms with E-state index in [2.05, 4.69) is 15.3 Å². The van der Waals surface area contributed by atoms with Crippen LogP contribution >= 0.6 is 23.2 Å². The van der Waals surface area contributed by atoms with Crippen LogP contribution in [-0.2, 0) is 6.54 Å². The molecule has 1 heterocycles. The van der Waals surface area contributed by atoms with Crippen LogP contribution in [0, 0.1) is 0 Å². The number of nitrogens with zero attached hydrogens (tertiary/aromatic N) is 3. The zero-order valence-electron chi connectivity index (χ0n) is 12.5. The Hall–Kier alpha value is -1.07. The summed E-state index contributed by atoms with van der Waals surface area (Å²) >= 11 is 12.7. The van der Waals surface area contributed by atoms with E-state index in [0.29, 0.717) is 10.0 Å². The highest BCUT2D eigenvalue weighted by Crippen LogP contribution is 2.31. The summed E-state index contributed by atoms with van der Waals surface area (Å²) in [5.74, 6) is 0. The van der Waals surface area contributed by atoms with E-state index in [-0.39, 0.29) is 6.04 Å². The molecule has 1 aromatic carbocycles. The Kier molecular flexibility index (Phi) is 5.65. The lowest BCUT2D eigenvalue weighted by Gasteiger charge is -2.21. The Morgan fingerprint density at radius 2 is 1.95 bits per heavy atom. The molecule has 0 aliphatic heterocycles. The van der Waals surface area contributed by atoms with Crippen molar-refractivity contribution in [2.75, 3.05) is 27.7 Å². The lowest BCUT2D eigenvalue weighted by atomic mass is 10.0. The smallest absolute Gasteiger partial charge is 0.0837 e. The van der Waals surface area contributed by atoms with Crippen LogP contribution in [0.15, 0.2) is 30.5 Å². The van der Waals surface area contributed by atoms with Gasteiger partial charge < -0.3 is 10.2 Å². The van der Waals surface area contributed by atoms with Gasteiger partial charge in [0.05, 0.1) is 29.5 Å². The molecular formula is C15H20Cl2N4. The van der Waals surface area contributed by atoms with Gasteiger partial charge in [0.25, 0.3) is 0 Å². The summed E-state index contributed by atoms with van der Waals surface area (Å²) in [6.45, 7) is 1.67. The summed E-state index contributed by atoms with van der Waals surface area (Å²) in [6, 6.07) is 7.69. The molecule has 0 fully saturated rings. The van der Waals surface area contributed by atoms with E-state index in [1.807, 2.05) is 50.1 Å². The minimum absolute atomic E-state index is 0.0872. The first-order valence-corrected chi connectivity index (χ1v) is 7.57. The molecule has 21 heavy (non-hydrogen) atoms. The Morgan fingerprint density at radius 3 is 2.57 bits per heavy atom. The number of halogens is 2. The van der Waals surface area contributed by atoms with Gasteiger partial charge in [0, 0.05) is 11.6 Å². The number of nitrogens with one attached hydrogen (secondary N) is 1. The van der Waals surface area contributed by atoms with Gasteiger partial charge in [-0.15, -0.1) is 0 Å². The van der Waals surface area contributed by atoms with Crippen molar-refractivity contribution in [2.45, 2.75) is 12.6 Å². The zero-order chi connectivity index (χ0) is 15.4. The number of benzene rings is 1. The summed E-state index contributed by atoms with van der Waals surface area (Å²) in [4.78, 5) is 2.11. The van der Waals surface area contributed by atoms with Crippen molar-refractivity contribution < 1.29 is 0 Å². The van der Waals surface area contributed by atoms with Crippen molar-refractivity contribution in [1.29, 1.82) is 0 Å². The summed E-state index contributed by atoms with van der Waals surface area (Å²) in [5.41, 5.74) is 1.93. The Bertz CT molecular complexity index is 595. The summed E-state index contributed by atoms with van der Waals surface area (Å²) in [6.07, 6.45) is 1.69. The topological polar surface area (TPSA) is 33.1 Å². The van der Waals surface area contributed by atoms with Gasteiger partial charge in [-0.1, -0.05) is 41.4 Å². The molecule has 0 aliphatic rings. The van der Waals surface area contributed by atoms with Gasteiger partial charge in [-0.25, -0.2) is 0 Å². The van der Waals surface area contributed by atoms with Gasteiger partial charge >= 0.3 is 0 Å². The average Bonchev–Trinajstić information content (AvgIpc) is 2.81. The highest BCUT2D eigenvalue weighted by molar-refractivity contribution is 6.32. The Morgan fingerprint density at radius 1 is 1.24 bits per heavy atom. The minimum Gasteiger partial charge on any atom is -0.308 e. The maximum atomic E-state index is 6.36. The first-order chi connectivity index (χ1) is 10.0. The number of aromatic nitrogens is 2. The molecule has 114 valence electrons. The molecule has 4 nitrogen and oxygen atoms in total. The molecule has 0 bridgehead atoms. The molecule has 1 unspecified atom stereocenters. The van der Waals surface area contributed by atoms with Crippen molar-refractivity contribution in [1.82, 2.24) is 20.0 Å². The maximum Gasteiger partial charge on any atom is 0.0837 e. The van der Waals surface area contributed by atoms with Gasteiger partial charge in [-0.2, -0.15) is 5.10 Å². The van der Waals surface area contributed by atoms with E-state index >= 15 is 0 Å². The van der Waals surface area contributed by atoms with E-state index in [9.17, 15) is 0 Å². The molecule has 0 radical (unpaired) electrons.